The highest BCUT2D eigenvalue weighted by molar-refractivity contribution is 5.64. The minimum atomic E-state index is -0.0176. The minimum Gasteiger partial charge on any atom is -0.377 e. The summed E-state index contributed by atoms with van der Waals surface area (Å²) in [5.74, 6) is 0. The highest BCUT2D eigenvalue weighted by Crippen LogP contribution is 2.22. The molecule has 0 amide bonds. The molecule has 0 aliphatic carbocycles. The lowest BCUT2D eigenvalue weighted by Crippen LogP contribution is -2.23. The molecule has 0 spiro atoms. The van der Waals surface area contributed by atoms with Gasteiger partial charge < -0.3 is 28.4 Å². The standard InChI is InChI=1S/C38H46O6/c1-31(43-26-32(2)44-30-34-13-7-4-8-14-34)25-42-29-36-16-10-18-38(24-36)37-17-9-15-35(23-37)28-41-22-20-39-19-21-40-27-33-11-5-3-6-12-33/h3-18,23-24,31-32H,19-22,25-30H2,1-2H3. The van der Waals surface area contributed by atoms with Crippen molar-refractivity contribution in [1.82, 2.24) is 0 Å². The van der Waals surface area contributed by atoms with Crippen LogP contribution in [0.1, 0.15) is 36.1 Å². The van der Waals surface area contributed by atoms with Crippen LogP contribution in [0.5, 0.6) is 0 Å². The molecule has 234 valence electrons. The maximum absolute atomic E-state index is 5.98. The second-order valence-electron chi connectivity index (χ2n) is 10.9. The van der Waals surface area contributed by atoms with Crippen LogP contribution in [0.2, 0.25) is 0 Å². The monoisotopic (exact) mass is 598 g/mol. The van der Waals surface area contributed by atoms with E-state index in [2.05, 4.69) is 72.8 Å². The molecule has 6 heteroatoms. The van der Waals surface area contributed by atoms with Crippen LogP contribution < -0.4 is 0 Å². The molecule has 0 aliphatic rings. The Balaban J connectivity index is 1.08. The van der Waals surface area contributed by atoms with Crippen molar-refractivity contribution >= 4 is 0 Å². The molecule has 44 heavy (non-hydrogen) atoms. The third kappa shape index (κ3) is 13.1. The highest BCUT2D eigenvalue weighted by atomic mass is 16.6. The number of hydrogen-bond donors (Lipinski definition) is 0. The molecule has 0 saturated carbocycles. The van der Waals surface area contributed by atoms with E-state index in [4.69, 9.17) is 28.4 Å². The second kappa shape index (κ2) is 19.8. The van der Waals surface area contributed by atoms with Gasteiger partial charge in [0.2, 0.25) is 0 Å². The van der Waals surface area contributed by atoms with E-state index in [-0.39, 0.29) is 12.2 Å². The molecule has 4 aromatic carbocycles. The predicted octanol–water partition coefficient (Wildman–Crippen LogP) is 7.63. The average molecular weight is 599 g/mol. The molecule has 0 fully saturated rings. The molecule has 2 atom stereocenters. The van der Waals surface area contributed by atoms with Gasteiger partial charge in [0, 0.05) is 0 Å². The van der Waals surface area contributed by atoms with Gasteiger partial charge in [-0.3, -0.25) is 0 Å². The van der Waals surface area contributed by atoms with E-state index in [0.29, 0.717) is 66.1 Å². The molecule has 0 aromatic heterocycles. The number of hydrogen-bond acceptors (Lipinski definition) is 6. The van der Waals surface area contributed by atoms with E-state index in [9.17, 15) is 0 Å². The van der Waals surface area contributed by atoms with Gasteiger partial charge in [-0.05, 0) is 59.4 Å². The summed E-state index contributed by atoms with van der Waals surface area (Å²) < 4.78 is 34.9. The average Bonchev–Trinajstić information content (AvgIpc) is 3.07. The van der Waals surface area contributed by atoms with Crippen molar-refractivity contribution in [3.05, 3.63) is 131 Å². The fourth-order valence-corrected chi connectivity index (χ4v) is 4.52. The Morgan fingerprint density at radius 1 is 0.409 bits per heavy atom. The first kappa shape index (κ1) is 33.5. The van der Waals surface area contributed by atoms with Gasteiger partial charge in [-0.1, -0.05) is 97.1 Å². The van der Waals surface area contributed by atoms with Crippen LogP contribution in [0, 0.1) is 0 Å². The summed E-state index contributed by atoms with van der Waals surface area (Å²) in [6.07, 6.45) is -0.00434. The second-order valence-corrected chi connectivity index (χ2v) is 10.9. The summed E-state index contributed by atoms with van der Waals surface area (Å²) in [6, 6.07) is 37.3. The maximum atomic E-state index is 5.98. The lowest BCUT2D eigenvalue weighted by Gasteiger charge is -2.18. The van der Waals surface area contributed by atoms with Crippen molar-refractivity contribution in [2.45, 2.75) is 52.5 Å². The van der Waals surface area contributed by atoms with Gasteiger partial charge in [-0.2, -0.15) is 0 Å². The van der Waals surface area contributed by atoms with E-state index in [0.717, 1.165) is 27.8 Å². The van der Waals surface area contributed by atoms with Crippen LogP contribution in [-0.2, 0) is 54.8 Å². The molecule has 4 aromatic rings. The molecule has 4 rings (SSSR count). The molecule has 0 bridgehead atoms. The van der Waals surface area contributed by atoms with Crippen LogP contribution >= 0.6 is 0 Å². The number of rotatable bonds is 21. The van der Waals surface area contributed by atoms with Crippen LogP contribution in [0.3, 0.4) is 0 Å². The summed E-state index contributed by atoms with van der Waals surface area (Å²) in [5.41, 5.74) is 6.89. The minimum absolute atomic E-state index is 0.0132. The summed E-state index contributed by atoms with van der Waals surface area (Å²) in [5, 5.41) is 0. The van der Waals surface area contributed by atoms with Crippen LogP contribution in [0.25, 0.3) is 11.1 Å². The molecule has 0 radical (unpaired) electrons. The van der Waals surface area contributed by atoms with Gasteiger partial charge in [0.05, 0.1) is 78.3 Å². The summed E-state index contributed by atoms with van der Waals surface area (Å²) in [7, 11) is 0. The smallest absolute Gasteiger partial charge is 0.0785 e. The highest BCUT2D eigenvalue weighted by Gasteiger charge is 2.09. The van der Waals surface area contributed by atoms with Crippen LogP contribution in [0.15, 0.2) is 109 Å². The lowest BCUT2D eigenvalue weighted by atomic mass is 10.0. The Bertz CT molecular complexity index is 1310. The number of ether oxygens (including phenoxy) is 6. The fourth-order valence-electron chi connectivity index (χ4n) is 4.52. The quantitative estimate of drug-likeness (QED) is 0.0920. The topological polar surface area (TPSA) is 55.4 Å². The Morgan fingerprint density at radius 3 is 1.45 bits per heavy atom. The third-order valence-electron chi connectivity index (χ3n) is 6.93. The lowest BCUT2D eigenvalue weighted by molar-refractivity contribution is -0.0633. The summed E-state index contributed by atoms with van der Waals surface area (Å²) in [4.78, 5) is 0. The van der Waals surface area contributed by atoms with Crippen molar-refractivity contribution in [2.75, 3.05) is 39.6 Å². The molecular weight excluding hydrogens is 552 g/mol. The zero-order valence-electron chi connectivity index (χ0n) is 26.1. The third-order valence-corrected chi connectivity index (χ3v) is 6.93. The normalized spacial score (nSPS) is 12.7. The molecular formula is C38H46O6. The molecule has 0 saturated heterocycles. The first-order valence-corrected chi connectivity index (χ1v) is 15.5. The Kier molecular flexibility index (Phi) is 15.1. The van der Waals surface area contributed by atoms with Gasteiger partial charge in [0.1, 0.15) is 0 Å². The van der Waals surface area contributed by atoms with Crippen molar-refractivity contribution in [2.24, 2.45) is 0 Å². The van der Waals surface area contributed by atoms with E-state index < -0.39 is 0 Å². The van der Waals surface area contributed by atoms with Crippen molar-refractivity contribution in [3.8, 4) is 11.1 Å². The molecule has 0 N–H and O–H groups in total. The van der Waals surface area contributed by atoms with Crippen LogP contribution in [-0.4, -0.2) is 51.8 Å². The van der Waals surface area contributed by atoms with Gasteiger partial charge in [-0.25, -0.2) is 0 Å². The molecule has 0 heterocycles. The Hall–Kier alpha value is -3.36. The van der Waals surface area contributed by atoms with Crippen molar-refractivity contribution in [3.63, 3.8) is 0 Å². The van der Waals surface area contributed by atoms with Gasteiger partial charge in [-0.15, -0.1) is 0 Å². The van der Waals surface area contributed by atoms with Gasteiger partial charge in [0.15, 0.2) is 0 Å². The Morgan fingerprint density at radius 2 is 0.864 bits per heavy atom. The van der Waals surface area contributed by atoms with E-state index in [1.807, 2.05) is 50.2 Å². The largest absolute Gasteiger partial charge is 0.377 e. The predicted molar refractivity (Wildman–Crippen MR) is 174 cm³/mol. The van der Waals surface area contributed by atoms with Crippen molar-refractivity contribution < 1.29 is 28.4 Å². The van der Waals surface area contributed by atoms with E-state index in [1.165, 1.54) is 5.56 Å². The fraction of sp³-hybridized carbons (Fsp3) is 0.368. The van der Waals surface area contributed by atoms with E-state index in [1.54, 1.807) is 0 Å². The summed E-state index contributed by atoms with van der Waals surface area (Å²) in [6.45, 7) is 9.58. The van der Waals surface area contributed by atoms with Crippen LogP contribution in [0.4, 0.5) is 0 Å². The summed E-state index contributed by atoms with van der Waals surface area (Å²) >= 11 is 0. The maximum Gasteiger partial charge on any atom is 0.0785 e. The first-order valence-electron chi connectivity index (χ1n) is 15.5. The first-order chi connectivity index (χ1) is 21.7. The molecule has 6 nitrogen and oxygen atoms in total. The SMILES string of the molecule is CC(COCc1cccc(-c2cccc(COCCOCCOCc3ccccc3)c2)c1)OCC(C)OCc1ccccc1. The Labute approximate surface area is 262 Å². The zero-order valence-corrected chi connectivity index (χ0v) is 26.1. The molecule has 0 aliphatic heterocycles. The van der Waals surface area contributed by atoms with Crippen molar-refractivity contribution in [1.29, 1.82) is 0 Å². The zero-order chi connectivity index (χ0) is 30.7. The molecule has 2 unspecified atom stereocenters. The number of benzene rings is 4. The van der Waals surface area contributed by atoms with Gasteiger partial charge >= 0.3 is 0 Å². The van der Waals surface area contributed by atoms with E-state index >= 15 is 0 Å². The van der Waals surface area contributed by atoms with Gasteiger partial charge in [0.25, 0.3) is 0 Å².